The van der Waals surface area contributed by atoms with Crippen LogP contribution in [0.3, 0.4) is 0 Å². The zero-order chi connectivity index (χ0) is 19.5. The van der Waals surface area contributed by atoms with Crippen molar-refractivity contribution in [3.05, 3.63) is 72.3 Å². The Balaban J connectivity index is 1.60. The molecule has 0 amide bonds. The van der Waals surface area contributed by atoms with Gasteiger partial charge >= 0.3 is 0 Å². The summed E-state index contributed by atoms with van der Waals surface area (Å²) in [6.45, 7) is 1.68. The molecule has 0 saturated heterocycles. The zero-order valence-electron chi connectivity index (χ0n) is 15.0. The van der Waals surface area contributed by atoms with Crippen molar-refractivity contribution in [2.45, 2.75) is 6.92 Å². The van der Waals surface area contributed by atoms with Gasteiger partial charge in [-0.15, -0.1) is 5.10 Å². The van der Waals surface area contributed by atoms with Gasteiger partial charge in [0.1, 0.15) is 18.0 Å². The second kappa shape index (κ2) is 7.31. The van der Waals surface area contributed by atoms with Crippen LogP contribution in [0, 0.1) is 12.7 Å². The second-order valence-electron chi connectivity index (χ2n) is 6.02. The van der Waals surface area contributed by atoms with E-state index >= 15 is 0 Å². The number of aromatic nitrogens is 5. The van der Waals surface area contributed by atoms with Gasteiger partial charge < -0.3 is 16.4 Å². The third-order valence-electron chi connectivity index (χ3n) is 3.99. The predicted octanol–water partition coefficient (Wildman–Crippen LogP) is 3.57. The number of rotatable bonds is 5. The number of halogens is 1. The SMILES string of the molecule is Cc1cccc(Nc2nc(N)n(-c3cc(Nc4ccccc4)ncn3)n2)c1F. The van der Waals surface area contributed by atoms with E-state index < -0.39 is 0 Å². The number of nitrogens with two attached hydrogens (primary N) is 1. The van der Waals surface area contributed by atoms with Crippen molar-refractivity contribution in [1.82, 2.24) is 24.7 Å². The lowest BCUT2D eigenvalue weighted by molar-refractivity contribution is 0.622. The van der Waals surface area contributed by atoms with Crippen LogP contribution in [0.15, 0.2) is 60.9 Å². The van der Waals surface area contributed by atoms with Crippen molar-refractivity contribution < 1.29 is 4.39 Å². The van der Waals surface area contributed by atoms with Crippen LogP contribution in [0.4, 0.5) is 33.5 Å². The highest BCUT2D eigenvalue weighted by atomic mass is 19.1. The zero-order valence-corrected chi connectivity index (χ0v) is 15.0. The van der Waals surface area contributed by atoms with E-state index in [4.69, 9.17) is 5.73 Å². The summed E-state index contributed by atoms with van der Waals surface area (Å²) < 4.78 is 15.5. The van der Waals surface area contributed by atoms with Crippen LogP contribution in [0.5, 0.6) is 0 Å². The van der Waals surface area contributed by atoms with Crippen molar-refractivity contribution >= 4 is 29.1 Å². The summed E-state index contributed by atoms with van der Waals surface area (Å²) in [6, 6.07) is 16.3. The summed E-state index contributed by atoms with van der Waals surface area (Å²) in [7, 11) is 0. The fourth-order valence-corrected chi connectivity index (χ4v) is 2.61. The van der Waals surface area contributed by atoms with Crippen LogP contribution >= 0.6 is 0 Å². The number of benzene rings is 2. The first kappa shape index (κ1) is 17.4. The van der Waals surface area contributed by atoms with E-state index in [1.54, 1.807) is 31.2 Å². The molecule has 0 aliphatic rings. The Labute approximate surface area is 160 Å². The Morgan fingerprint density at radius 3 is 2.64 bits per heavy atom. The Morgan fingerprint density at radius 2 is 1.82 bits per heavy atom. The Morgan fingerprint density at radius 1 is 1.00 bits per heavy atom. The minimum absolute atomic E-state index is 0.111. The molecule has 0 saturated carbocycles. The first-order chi connectivity index (χ1) is 13.6. The van der Waals surface area contributed by atoms with Crippen LogP contribution < -0.4 is 16.4 Å². The monoisotopic (exact) mass is 376 g/mol. The molecule has 4 aromatic rings. The number of hydrogen-bond donors (Lipinski definition) is 3. The van der Waals surface area contributed by atoms with E-state index in [9.17, 15) is 4.39 Å². The molecule has 4 N–H and O–H groups in total. The lowest BCUT2D eigenvalue weighted by Gasteiger charge is -2.07. The van der Waals surface area contributed by atoms with Gasteiger partial charge in [0, 0.05) is 11.8 Å². The molecule has 0 atom stereocenters. The van der Waals surface area contributed by atoms with E-state index in [1.807, 2.05) is 30.3 Å². The highest BCUT2D eigenvalue weighted by Gasteiger charge is 2.13. The average Bonchev–Trinajstić information content (AvgIpc) is 3.07. The second-order valence-corrected chi connectivity index (χ2v) is 6.02. The first-order valence-electron chi connectivity index (χ1n) is 8.49. The average molecular weight is 376 g/mol. The Kier molecular flexibility index (Phi) is 4.55. The Bertz CT molecular complexity index is 1110. The van der Waals surface area contributed by atoms with Gasteiger partial charge in [-0.3, -0.25) is 0 Å². The molecule has 2 heterocycles. The quantitative estimate of drug-likeness (QED) is 0.489. The topological polar surface area (TPSA) is 107 Å². The van der Waals surface area contributed by atoms with Crippen molar-refractivity contribution in [2.75, 3.05) is 16.4 Å². The molecule has 4 rings (SSSR count). The molecule has 0 radical (unpaired) electrons. The van der Waals surface area contributed by atoms with Crippen molar-refractivity contribution in [3.63, 3.8) is 0 Å². The van der Waals surface area contributed by atoms with E-state index in [0.29, 0.717) is 17.2 Å². The lowest BCUT2D eigenvalue weighted by Crippen LogP contribution is -2.06. The molecular weight excluding hydrogens is 359 g/mol. The summed E-state index contributed by atoms with van der Waals surface area (Å²) in [4.78, 5) is 12.5. The molecule has 2 aromatic carbocycles. The van der Waals surface area contributed by atoms with Crippen molar-refractivity contribution in [3.8, 4) is 5.82 Å². The van der Waals surface area contributed by atoms with Gasteiger partial charge in [0.15, 0.2) is 5.82 Å². The molecular formula is C19H17FN8. The van der Waals surface area contributed by atoms with Crippen molar-refractivity contribution in [2.24, 2.45) is 0 Å². The minimum Gasteiger partial charge on any atom is -0.368 e. The lowest BCUT2D eigenvalue weighted by atomic mass is 10.2. The van der Waals surface area contributed by atoms with Gasteiger partial charge in [0.05, 0.1) is 5.69 Å². The van der Waals surface area contributed by atoms with Gasteiger partial charge in [0.25, 0.3) is 0 Å². The molecule has 0 aliphatic heterocycles. The van der Waals surface area contributed by atoms with Gasteiger partial charge in [-0.2, -0.15) is 9.67 Å². The molecule has 0 spiro atoms. The number of nitrogens with one attached hydrogen (secondary N) is 2. The number of aryl methyl sites for hydroxylation is 1. The van der Waals surface area contributed by atoms with E-state index in [1.165, 1.54) is 11.0 Å². The van der Waals surface area contributed by atoms with Gasteiger partial charge in [0.2, 0.25) is 11.9 Å². The molecule has 8 nitrogen and oxygen atoms in total. The molecule has 2 aromatic heterocycles. The predicted molar refractivity (Wildman–Crippen MR) is 106 cm³/mol. The van der Waals surface area contributed by atoms with Crippen LogP contribution in [-0.2, 0) is 0 Å². The smallest absolute Gasteiger partial charge is 0.248 e. The number of nitrogen functional groups attached to an aromatic ring is 1. The highest BCUT2D eigenvalue weighted by Crippen LogP contribution is 2.22. The van der Waals surface area contributed by atoms with Gasteiger partial charge in [-0.05, 0) is 30.7 Å². The number of anilines is 5. The van der Waals surface area contributed by atoms with E-state index in [0.717, 1.165) is 5.69 Å². The summed E-state index contributed by atoms with van der Waals surface area (Å²) in [5.41, 5.74) is 7.65. The normalized spacial score (nSPS) is 10.6. The van der Waals surface area contributed by atoms with E-state index in [-0.39, 0.29) is 23.4 Å². The third kappa shape index (κ3) is 3.58. The maximum Gasteiger partial charge on any atom is 0.248 e. The molecule has 28 heavy (non-hydrogen) atoms. The molecule has 0 bridgehead atoms. The van der Waals surface area contributed by atoms with Crippen LogP contribution in [0.2, 0.25) is 0 Å². The van der Waals surface area contributed by atoms with Crippen LogP contribution in [0.25, 0.3) is 5.82 Å². The number of nitrogens with zero attached hydrogens (tertiary/aromatic N) is 5. The summed E-state index contributed by atoms with van der Waals surface area (Å²) in [5, 5.41) is 10.3. The standard InChI is InChI=1S/C19H17FN8/c1-12-6-5-9-14(17(12)20)25-19-26-18(21)28(27-19)16-10-15(22-11-23-16)24-13-7-3-2-4-8-13/h2-11H,1H3,(H,22,23,24)(H3,21,25,26,27). The molecule has 140 valence electrons. The third-order valence-corrected chi connectivity index (χ3v) is 3.99. The maximum absolute atomic E-state index is 14.2. The van der Waals surface area contributed by atoms with Crippen LogP contribution in [-0.4, -0.2) is 24.7 Å². The number of para-hydroxylation sites is 1. The summed E-state index contributed by atoms with van der Waals surface area (Å²) in [5.74, 6) is 0.911. The molecule has 0 aliphatic carbocycles. The first-order valence-corrected chi connectivity index (χ1v) is 8.49. The van der Waals surface area contributed by atoms with Crippen LogP contribution in [0.1, 0.15) is 5.56 Å². The largest absolute Gasteiger partial charge is 0.368 e. The van der Waals surface area contributed by atoms with E-state index in [2.05, 4.69) is 30.7 Å². The maximum atomic E-state index is 14.2. The number of hydrogen-bond acceptors (Lipinski definition) is 7. The fraction of sp³-hybridized carbons (Fsp3) is 0.0526. The van der Waals surface area contributed by atoms with Gasteiger partial charge in [-0.25, -0.2) is 14.4 Å². The molecule has 0 fully saturated rings. The summed E-state index contributed by atoms with van der Waals surface area (Å²) in [6.07, 6.45) is 1.40. The highest BCUT2D eigenvalue weighted by molar-refractivity contribution is 5.59. The summed E-state index contributed by atoms with van der Waals surface area (Å²) >= 11 is 0. The molecule has 9 heteroatoms. The van der Waals surface area contributed by atoms with Crippen molar-refractivity contribution in [1.29, 1.82) is 0 Å². The fourth-order valence-electron chi connectivity index (χ4n) is 2.61. The minimum atomic E-state index is -0.367. The molecule has 0 unspecified atom stereocenters. The Hall–Kier alpha value is -4.01. The van der Waals surface area contributed by atoms with Gasteiger partial charge in [-0.1, -0.05) is 30.3 Å².